The Morgan fingerprint density at radius 1 is 1.33 bits per heavy atom. The van der Waals surface area contributed by atoms with Crippen molar-refractivity contribution >= 4 is 33.8 Å². The van der Waals surface area contributed by atoms with E-state index in [1.54, 1.807) is 12.1 Å². The van der Waals surface area contributed by atoms with Crippen LogP contribution in [0.1, 0.15) is 0 Å². The molecule has 120 valence electrons. The van der Waals surface area contributed by atoms with E-state index in [9.17, 15) is 8.42 Å². The number of halogens is 2. The van der Waals surface area contributed by atoms with Crippen molar-refractivity contribution in [2.45, 2.75) is 4.90 Å². The highest BCUT2D eigenvalue weighted by molar-refractivity contribution is 7.91. The standard InChI is InChI=1S/C13H18ClNO4S.ClH/c1-18-12-3-2-11(14)10-13(12)20(16,17)9-6-15-4-7-19-8-5-15;/h2-3,10H,4-9H2,1H3;1H. The Balaban J connectivity index is 0.00000220. The van der Waals surface area contributed by atoms with Crippen LogP contribution in [0.4, 0.5) is 0 Å². The third-order valence-electron chi connectivity index (χ3n) is 3.24. The Kier molecular flexibility index (Phi) is 7.23. The molecule has 1 fully saturated rings. The van der Waals surface area contributed by atoms with Gasteiger partial charge in [0.2, 0.25) is 0 Å². The molecule has 1 aliphatic rings. The van der Waals surface area contributed by atoms with Crippen LogP contribution in [0, 0.1) is 0 Å². The van der Waals surface area contributed by atoms with Crippen molar-refractivity contribution in [2.24, 2.45) is 0 Å². The summed E-state index contributed by atoms with van der Waals surface area (Å²) in [6.45, 7) is 3.33. The van der Waals surface area contributed by atoms with Gasteiger partial charge in [0.1, 0.15) is 10.6 Å². The van der Waals surface area contributed by atoms with Crippen molar-refractivity contribution in [3.63, 3.8) is 0 Å². The van der Waals surface area contributed by atoms with E-state index in [1.807, 2.05) is 0 Å². The zero-order chi connectivity index (χ0) is 14.6. The van der Waals surface area contributed by atoms with Crippen molar-refractivity contribution < 1.29 is 17.9 Å². The van der Waals surface area contributed by atoms with Gasteiger partial charge in [-0.2, -0.15) is 0 Å². The molecule has 1 saturated heterocycles. The molecule has 1 aromatic carbocycles. The largest absolute Gasteiger partial charge is 0.495 e. The fourth-order valence-electron chi connectivity index (χ4n) is 2.08. The first-order chi connectivity index (χ1) is 9.53. The molecular weight excluding hydrogens is 337 g/mol. The highest BCUT2D eigenvalue weighted by Gasteiger charge is 2.22. The first kappa shape index (κ1) is 18.5. The smallest absolute Gasteiger partial charge is 0.183 e. The Morgan fingerprint density at radius 2 is 2.00 bits per heavy atom. The van der Waals surface area contributed by atoms with E-state index in [0.717, 1.165) is 13.1 Å². The molecular formula is C13H19Cl2NO4S. The summed E-state index contributed by atoms with van der Waals surface area (Å²) in [5, 5.41) is 0.385. The van der Waals surface area contributed by atoms with Crippen LogP contribution in [0.25, 0.3) is 0 Å². The maximum Gasteiger partial charge on any atom is 0.183 e. The Morgan fingerprint density at radius 3 is 2.62 bits per heavy atom. The zero-order valence-corrected chi connectivity index (χ0v) is 14.1. The van der Waals surface area contributed by atoms with E-state index in [1.165, 1.54) is 13.2 Å². The van der Waals surface area contributed by atoms with E-state index >= 15 is 0 Å². The lowest BCUT2D eigenvalue weighted by Gasteiger charge is -2.26. The monoisotopic (exact) mass is 355 g/mol. The van der Waals surface area contributed by atoms with E-state index in [4.69, 9.17) is 21.1 Å². The average Bonchev–Trinajstić information content (AvgIpc) is 2.46. The van der Waals surface area contributed by atoms with E-state index in [0.29, 0.717) is 30.5 Å². The van der Waals surface area contributed by atoms with E-state index in [2.05, 4.69) is 4.90 Å². The quantitative estimate of drug-likeness (QED) is 0.806. The van der Waals surface area contributed by atoms with Crippen LogP contribution in [0.3, 0.4) is 0 Å². The minimum Gasteiger partial charge on any atom is -0.495 e. The van der Waals surface area contributed by atoms with Gasteiger partial charge >= 0.3 is 0 Å². The third kappa shape index (κ3) is 5.00. The fourth-order valence-corrected chi connectivity index (χ4v) is 3.80. The van der Waals surface area contributed by atoms with Crippen molar-refractivity contribution in [3.05, 3.63) is 23.2 Å². The molecule has 0 aliphatic carbocycles. The van der Waals surface area contributed by atoms with Gasteiger partial charge in [0.05, 0.1) is 26.1 Å². The summed E-state index contributed by atoms with van der Waals surface area (Å²) in [6, 6.07) is 4.63. The first-order valence-electron chi connectivity index (χ1n) is 6.39. The minimum absolute atomic E-state index is 0. The second-order valence-electron chi connectivity index (χ2n) is 4.57. The maximum atomic E-state index is 12.4. The molecule has 8 heteroatoms. The van der Waals surface area contributed by atoms with Crippen LogP contribution in [0.5, 0.6) is 5.75 Å². The number of methoxy groups -OCH3 is 1. The van der Waals surface area contributed by atoms with Crippen molar-refractivity contribution in [2.75, 3.05) is 45.7 Å². The molecule has 1 heterocycles. The summed E-state index contributed by atoms with van der Waals surface area (Å²) < 4.78 is 35.2. The predicted molar refractivity (Wildman–Crippen MR) is 84.6 cm³/mol. The molecule has 1 aromatic rings. The second-order valence-corrected chi connectivity index (χ2v) is 7.08. The molecule has 2 rings (SSSR count). The van der Waals surface area contributed by atoms with Gasteiger partial charge in [-0.1, -0.05) is 11.6 Å². The Hall–Kier alpha value is -0.530. The van der Waals surface area contributed by atoms with E-state index < -0.39 is 9.84 Å². The van der Waals surface area contributed by atoms with Crippen LogP contribution in [-0.2, 0) is 14.6 Å². The molecule has 0 unspecified atom stereocenters. The van der Waals surface area contributed by atoms with Gasteiger partial charge in [0.15, 0.2) is 9.84 Å². The molecule has 5 nitrogen and oxygen atoms in total. The lowest BCUT2D eigenvalue weighted by Crippen LogP contribution is -2.39. The molecule has 0 bridgehead atoms. The number of rotatable bonds is 5. The average molecular weight is 356 g/mol. The van der Waals surface area contributed by atoms with Gasteiger partial charge in [-0.05, 0) is 18.2 Å². The molecule has 0 spiro atoms. The summed E-state index contributed by atoms with van der Waals surface area (Å²) in [4.78, 5) is 2.23. The third-order valence-corrected chi connectivity index (χ3v) is 5.18. The summed E-state index contributed by atoms with van der Waals surface area (Å²) in [5.41, 5.74) is 0. The molecule has 1 aliphatic heterocycles. The summed E-state index contributed by atoms with van der Waals surface area (Å²) in [6.07, 6.45) is 0. The lowest BCUT2D eigenvalue weighted by molar-refractivity contribution is 0.0408. The minimum atomic E-state index is -3.42. The van der Waals surface area contributed by atoms with Gasteiger partial charge in [0, 0.05) is 24.7 Å². The van der Waals surface area contributed by atoms with Crippen LogP contribution >= 0.6 is 24.0 Å². The lowest BCUT2D eigenvalue weighted by atomic mass is 10.3. The number of benzene rings is 1. The molecule has 0 radical (unpaired) electrons. The maximum absolute atomic E-state index is 12.4. The normalized spacial score (nSPS) is 16.3. The van der Waals surface area contributed by atoms with Gasteiger partial charge < -0.3 is 9.47 Å². The van der Waals surface area contributed by atoms with Crippen molar-refractivity contribution in [1.29, 1.82) is 0 Å². The molecule has 0 aromatic heterocycles. The number of morpholine rings is 1. The van der Waals surface area contributed by atoms with Gasteiger partial charge in [-0.25, -0.2) is 8.42 Å². The summed E-state index contributed by atoms with van der Waals surface area (Å²) >= 11 is 5.88. The number of nitrogens with zero attached hydrogens (tertiary/aromatic N) is 1. The molecule has 0 atom stereocenters. The molecule has 0 N–H and O–H groups in total. The van der Waals surface area contributed by atoms with E-state index in [-0.39, 0.29) is 23.1 Å². The van der Waals surface area contributed by atoms with Gasteiger partial charge in [-0.15, -0.1) is 12.4 Å². The highest BCUT2D eigenvalue weighted by atomic mass is 35.5. The van der Waals surface area contributed by atoms with Crippen LogP contribution in [-0.4, -0.2) is 59.0 Å². The van der Waals surface area contributed by atoms with Crippen LogP contribution in [0.15, 0.2) is 23.1 Å². The highest BCUT2D eigenvalue weighted by Crippen LogP contribution is 2.27. The van der Waals surface area contributed by atoms with Gasteiger partial charge in [-0.3, -0.25) is 4.90 Å². The zero-order valence-electron chi connectivity index (χ0n) is 11.7. The van der Waals surface area contributed by atoms with Crippen molar-refractivity contribution in [1.82, 2.24) is 4.90 Å². The molecule has 0 amide bonds. The van der Waals surface area contributed by atoms with Crippen LogP contribution in [0.2, 0.25) is 5.02 Å². The van der Waals surface area contributed by atoms with Crippen LogP contribution < -0.4 is 4.74 Å². The second kappa shape index (κ2) is 8.19. The number of sulfone groups is 1. The topological polar surface area (TPSA) is 55.8 Å². The Bertz CT molecular complexity index is 559. The summed E-state index contributed by atoms with van der Waals surface area (Å²) in [5.74, 6) is 0.375. The Labute approximate surface area is 136 Å². The first-order valence-corrected chi connectivity index (χ1v) is 8.42. The van der Waals surface area contributed by atoms with Gasteiger partial charge in [0.25, 0.3) is 0 Å². The number of hydrogen-bond acceptors (Lipinski definition) is 5. The SMILES string of the molecule is COc1ccc(Cl)cc1S(=O)(=O)CCN1CCOCC1.Cl. The molecule has 0 saturated carbocycles. The predicted octanol–water partition coefficient (Wildman–Crippen LogP) is 1.88. The molecule has 21 heavy (non-hydrogen) atoms. The summed E-state index contributed by atoms with van der Waals surface area (Å²) in [7, 11) is -1.97. The fraction of sp³-hybridized carbons (Fsp3) is 0.538. The number of hydrogen-bond donors (Lipinski definition) is 0. The van der Waals surface area contributed by atoms with Crippen molar-refractivity contribution in [3.8, 4) is 5.75 Å². The number of ether oxygens (including phenoxy) is 2.